The first-order valence-electron chi connectivity index (χ1n) is 10.8. The maximum atomic E-state index is 12.9. The van der Waals surface area contributed by atoms with Crippen LogP contribution >= 0.6 is 0 Å². The van der Waals surface area contributed by atoms with Gasteiger partial charge in [0.05, 0.1) is 16.4 Å². The fourth-order valence-corrected chi connectivity index (χ4v) is 9.59. The number of sulfonamides is 1. The van der Waals surface area contributed by atoms with Gasteiger partial charge in [0, 0.05) is 17.1 Å². The van der Waals surface area contributed by atoms with Crippen LogP contribution in [0.4, 0.5) is 0 Å². The lowest BCUT2D eigenvalue weighted by atomic mass is 9.53. The first-order valence-corrected chi connectivity index (χ1v) is 14.1. The van der Waals surface area contributed by atoms with E-state index in [9.17, 15) is 21.6 Å². The van der Waals surface area contributed by atoms with Crippen molar-refractivity contribution in [3.05, 3.63) is 29.8 Å². The van der Waals surface area contributed by atoms with Gasteiger partial charge in [0.1, 0.15) is 0 Å². The van der Waals surface area contributed by atoms with Crippen LogP contribution in [0, 0.1) is 17.8 Å². The quantitative estimate of drug-likeness (QED) is 0.709. The minimum absolute atomic E-state index is 0.00359. The van der Waals surface area contributed by atoms with Crippen molar-refractivity contribution in [1.29, 1.82) is 0 Å². The third-order valence-corrected chi connectivity index (χ3v) is 10.7. The standard InChI is InChI=1S/C21H28N2O5S2/c24-20(22-21-10-14-7-15(11-21)9-16(8-14)12-21)17-1-3-19(4-2-17)30(27,28)23-18-5-6-29(25,26)13-18/h1-4,14-16,18,23H,5-13H2,(H,22,24). The van der Waals surface area contributed by atoms with E-state index in [0.29, 0.717) is 5.56 Å². The highest BCUT2D eigenvalue weighted by Crippen LogP contribution is 2.55. The molecule has 5 aliphatic rings. The molecule has 1 atom stereocenters. The van der Waals surface area contributed by atoms with Gasteiger partial charge in [0.25, 0.3) is 5.91 Å². The lowest BCUT2D eigenvalue weighted by molar-refractivity contribution is -0.0167. The van der Waals surface area contributed by atoms with Crippen LogP contribution in [0.25, 0.3) is 0 Å². The number of carbonyl (C=O) groups is 1. The predicted octanol–water partition coefficient (Wildman–Crippen LogP) is 1.85. The van der Waals surface area contributed by atoms with Gasteiger partial charge in [-0.3, -0.25) is 4.79 Å². The second-order valence-corrected chi connectivity index (χ2v) is 13.8. The Balaban J connectivity index is 1.26. The van der Waals surface area contributed by atoms with Gasteiger partial charge in [-0.15, -0.1) is 0 Å². The Kier molecular flexibility index (Phi) is 4.79. The number of hydrogen-bond acceptors (Lipinski definition) is 5. The van der Waals surface area contributed by atoms with E-state index >= 15 is 0 Å². The molecule has 0 radical (unpaired) electrons. The molecular formula is C21H28N2O5S2. The van der Waals surface area contributed by atoms with Gasteiger partial charge in [-0.2, -0.15) is 0 Å². The SMILES string of the molecule is O=C(NC12CC3CC(CC(C3)C1)C2)c1ccc(S(=O)(=O)NC2CCS(=O)(=O)C2)cc1. The molecule has 1 unspecified atom stereocenters. The molecule has 1 aliphatic heterocycles. The van der Waals surface area contributed by atoms with Crippen LogP contribution in [-0.2, 0) is 19.9 Å². The molecule has 1 saturated heterocycles. The highest BCUT2D eigenvalue weighted by atomic mass is 32.2. The van der Waals surface area contributed by atoms with Crippen molar-refractivity contribution in [2.24, 2.45) is 17.8 Å². The molecule has 6 rings (SSSR count). The monoisotopic (exact) mass is 452 g/mol. The Morgan fingerprint density at radius 2 is 1.53 bits per heavy atom. The van der Waals surface area contributed by atoms with Crippen molar-refractivity contribution < 1.29 is 21.6 Å². The van der Waals surface area contributed by atoms with Crippen molar-refractivity contribution in [1.82, 2.24) is 10.0 Å². The van der Waals surface area contributed by atoms with Crippen LogP contribution in [-0.4, -0.2) is 45.8 Å². The topological polar surface area (TPSA) is 109 Å². The summed E-state index contributed by atoms with van der Waals surface area (Å²) in [6.45, 7) is 0. The highest BCUT2D eigenvalue weighted by Gasteiger charge is 2.51. The number of rotatable bonds is 5. The molecule has 1 aromatic rings. The molecule has 1 amide bonds. The van der Waals surface area contributed by atoms with E-state index in [-0.39, 0.29) is 34.3 Å². The lowest BCUT2D eigenvalue weighted by Gasteiger charge is -2.56. The second-order valence-electron chi connectivity index (χ2n) is 9.90. The third kappa shape index (κ3) is 3.91. The van der Waals surface area contributed by atoms with Crippen LogP contribution in [0.2, 0.25) is 0 Å². The summed E-state index contributed by atoms with van der Waals surface area (Å²) in [7, 11) is -7.00. The van der Waals surface area contributed by atoms with Crippen molar-refractivity contribution in [2.75, 3.05) is 11.5 Å². The van der Waals surface area contributed by atoms with E-state index in [1.165, 1.54) is 43.5 Å². The Labute approximate surface area is 178 Å². The van der Waals surface area contributed by atoms with Gasteiger partial charge < -0.3 is 5.32 Å². The van der Waals surface area contributed by atoms with E-state index in [1.807, 2.05) is 0 Å². The number of hydrogen-bond donors (Lipinski definition) is 2. The zero-order chi connectivity index (χ0) is 21.1. The molecule has 30 heavy (non-hydrogen) atoms. The maximum absolute atomic E-state index is 12.9. The van der Waals surface area contributed by atoms with E-state index in [4.69, 9.17) is 0 Å². The van der Waals surface area contributed by atoms with Crippen LogP contribution in [0.1, 0.15) is 55.3 Å². The lowest BCUT2D eigenvalue weighted by Crippen LogP contribution is -2.59. The average molecular weight is 453 g/mol. The molecule has 164 valence electrons. The maximum Gasteiger partial charge on any atom is 0.251 e. The number of nitrogens with one attached hydrogen (secondary N) is 2. The molecule has 7 nitrogen and oxygen atoms in total. The predicted molar refractivity (Wildman–Crippen MR) is 112 cm³/mol. The smallest absolute Gasteiger partial charge is 0.251 e. The van der Waals surface area contributed by atoms with Crippen LogP contribution in [0.5, 0.6) is 0 Å². The molecular weight excluding hydrogens is 424 g/mol. The molecule has 4 aliphatic carbocycles. The van der Waals surface area contributed by atoms with E-state index in [1.54, 1.807) is 0 Å². The van der Waals surface area contributed by atoms with Gasteiger partial charge in [-0.1, -0.05) is 0 Å². The normalized spacial score (nSPS) is 36.7. The summed E-state index contributed by atoms with van der Waals surface area (Å²) in [6, 6.07) is 5.31. The summed E-state index contributed by atoms with van der Waals surface area (Å²) >= 11 is 0. The average Bonchev–Trinajstić information content (AvgIpc) is 2.98. The molecule has 4 saturated carbocycles. The summed E-state index contributed by atoms with van der Waals surface area (Å²) in [5, 5.41) is 3.30. The highest BCUT2D eigenvalue weighted by molar-refractivity contribution is 7.92. The van der Waals surface area contributed by atoms with Crippen LogP contribution in [0.3, 0.4) is 0 Å². The first kappa shape index (κ1) is 20.5. The summed E-state index contributed by atoms with van der Waals surface area (Å²) in [5.41, 5.74) is 0.361. The Morgan fingerprint density at radius 1 is 0.967 bits per heavy atom. The first-order chi connectivity index (χ1) is 14.1. The molecule has 5 fully saturated rings. The molecule has 2 N–H and O–H groups in total. The Morgan fingerprint density at radius 3 is 2.03 bits per heavy atom. The molecule has 1 heterocycles. The molecule has 9 heteroatoms. The summed E-state index contributed by atoms with van der Waals surface area (Å²) in [6.07, 6.45) is 7.38. The van der Waals surface area contributed by atoms with Crippen LogP contribution in [0.15, 0.2) is 29.2 Å². The largest absolute Gasteiger partial charge is 0.347 e. The van der Waals surface area contributed by atoms with Crippen molar-refractivity contribution in [3.8, 4) is 0 Å². The number of benzene rings is 1. The van der Waals surface area contributed by atoms with Crippen LogP contribution < -0.4 is 10.0 Å². The fraction of sp³-hybridized carbons (Fsp3) is 0.667. The minimum atomic E-state index is -3.83. The van der Waals surface area contributed by atoms with Crippen molar-refractivity contribution in [2.45, 2.75) is 61.4 Å². The third-order valence-electron chi connectivity index (χ3n) is 7.40. The van der Waals surface area contributed by atoms with Gasteiger partial charge in [0.2, 0.25) is 10.0 Å². The molecule has 1 aromatic carbocycles. The zero-order valence-electron chi connectivity index (χ0n) is 16.8. The van der Waals surface area contributed by atoms with Crippen molar-refractivity contribution >= 4 is 25.8 Å². The molecule has 0 aromatic heterocycles. The van der Waals surface area contributed by atoms with E-state index in [0.717, 1.165) is 37.0 Å². The van der Waals surface area contributed by atoms with E-state index < -0.39 is 25.9 Å². The summed E-state index contributed by atoms with van der Waals surface area (Å²) < 4.78 is 50.7. The minimum Gasteiger partial charge on any atom is -0.347 e. The van der Waals surface area contributed by atoms with Gasteiger partial charge >= 0.3 is 0 Å². The number of carbonyl (C=O) groups excluding carboxylic acids is 1. The molecule has 0 spiro atoms. The summed E-state index contributed by atoms with van der Waals surface area (Å²) in [5.74, 6) is 1.89. The fourth-order valence-electron chi connectivity index (χ4n) is 6.54. The van der Waals surface area contributed by atoms with E-state index in [2.05, 4.69) is 10.0 Å². The number of sulfone groups is 1. The van der Waals surface area contributed by atoms with Gasteiger partial charge in [0.15, 0.2) is 9.84 Å². The Hall–Kier alpha value is -1.45. The second kappa shape index (κ2) is 7.03. The molecule has 4 bridgehead atoms. The van der Waals surface area contributed by atoms with Crippen molar-refractivity contribution in [3.63, 3.8) is 0 Å². The number of amides is 1. The van der Waals surface area contributed by atoms with Gasteiger partial charge in [-0.25, -0.2) is 21.6 Å². The zero-order valence-corrected chi connectivity index (χ0v) is 18.5. The summed E-state index contributed by atoms with van der Waals surface area (Å²) in [4.78, 5) is 12.9. The Bertz CT molecular complexity index is 1030. The van der Waals surface area contributed by atoms with Gasteiger partial charge in [-0.05, 0) is 87.0 Å².